The van der Waals surface area contributed by atoms with Crippen molar-refractivity contribution in [2.75, 3.05) is 4.90 Å². The zero-order valence-electron chi connectivity index (χ0n) is 28.3. The van der Waals surface area contributed by atoms with Crippen molar-refractivity contribution in [1.29, 1.82) is 0 Å². The summed E-state index contributed by atoms with van der Waals surface area (Å²) in [6.07, 6.45) is 3.68. The molecule has 0 aliphatic heterocycles. The van der Waals surface area contributed by atoms with E-state index in [0.29, 0.717) is 0 Å². The third kappa shape index (κ3) is 5.19. The second-order valence-electron chi connectivity index (χ2n) is 13.2. The van der Waals surface area contributed by atoms with E-state index in [0.717, 1.165) is 55.5 Å². The molecule has 0 atom stereocenters. The predicted molar refractivity (Wildman–Crippen MR) is 218 cm³/mol. The van der Waals surface area contributed by atoms with E-state index in [1.165, 1.54) is 38.4 Å². The molecule has 10 rings (SSSR count). The van der Waals surface area contributed by atoms with E-state index in [-0.39, 0.29) is 0 Å². The summed E-state index contributed by atoms with van der Waals surface area (Å²) in [5.74, 6) is 0. The minimum atomic E-state index is 0.855. The summed E-state index contributed by atoms with van der Waals surface area (Å²) in [6.45, 7) is 0. The van der Waals surface area contributed by atoms with Gasteiger partial charge in [0.15, 0.2) is 0 Å². The van der Waals surface area contributed by atoms with Crippen molar-refractivity contribution < 1.29 is 4.42 Å². The minimum absolute atomic E-state index is 0.855. The zero-order chi connectivity index (χ0) is 34.4. The van der Waals surface area contributed by atoms with Crippen molar-refractivity contribution in [3.8, 4) is 33.4 Å². The van der Waals surface area contributed by atoms with Crippen LogP contribution in [0.5, 0.6) is 0 Å². The van der Waals surface area contributed by atoms with Crippen molar-refractivity contribution in [2.45, 2.75) is 0 Å². The van der Waals surface area contributed by atoms with Gasteiger partial charge in [-0.3, -0.25) is 4.98 Å². The Balaban J connectivity index is 1.07. The molecule has 2 aromatic heterocycles. The smallest absolute Gasteiger partial charge is 0.138 e. The lowest BCUT2D eigenvalue weighted by atomic mass is 9.97. The predicted octanol–water partition coefficient (Wildman–Crippen LogP) is 13.8. The third-order valence-corrected chi connectivity index (χ3v) is 10.2. The number of rotatable bonds is 6. The second-order valence-corrected chi connectivity index (χ2v) is 13.2. The van der Waals surface area contributed by atoms with Crippen LogP contribution >= 0.6 is 0 Å². The number of hydrogen-bond donors (Lipinski definition) is 0. The van der Waals surface area contributed by atoms with Crippen LogP contribution in [0.2, 0.25) is 0 Å². The molecular weight excluding hydrogens is 633 g/mol. The van der Waals surface area contributed by atoms with Crippen LogP contribution in [0.4, 0.5) is 17.1 Å². The first-order chi connectivity index (χ1) is 25.8. The molecule has 0 bridgehead atoms. The SMILES string of the molecule is c1ccc(-c2cccc(N(c3ccc(-c4ccc5ccc6oc7ccncc7c6c5c4)cc3)c3ccc(-c4cccc5ccccc45)cc3)c2)cc1. The van der Waals surface area contributed by atoms with E-state index >= 15 is 0 Å². The zero-order valence-corrected chi connectivity index (χ0v) is 28.3. The van der Waals surface area contributed by atoms with Gasteiger partial charge >= 0.3 is 0 Å². The van der Waals surface area contributed by atoms with Gasteiger partial charge < -0.3 is 9.32 Å². The number of benzene rings is 8. The number of nitrogens with zero attached hydrogens (tertiary/aromatic N) is 2. The molecule has 0 aliphatic rings. The molecule has 0 unspecified atom stereocenters. The van der Waals surface area contributed by atoms with E-state index in [1.807, 2.05) is 12.3 Å². The number of pyridine rings is 1. The molecule has 10 aromatic rings. The molecule has 0 saturated heterocycles. The van der Waals surface area contributed by atoms with Crippen LogP contribution in [0.25, 0.3) is 76.9 Å². The Kier molecular flexibility index (Phi) is 7.14. The highest BCUT2D eigenvalue weighted by molar-refractivity contribution is 6.19. The van der Waals surface area contributed by atoms with E-state index in [4.69, 9.17) is 4.42 Å². The van der Waals surface area contributed by atoms with Gasteiger partial charge in [-0.25, -0.2) is 0 Å². The van der Waals surface area contributed by atoms with Gasteiger partial charge in [-0.05, 0) is 110 Å². The Morgan fingerprint density at radius 2 is 1.02 bits per heavy atom. The van der Waals surface area contributed by atoms with E-state index in [1.54, 1.807) is 6.20 Å². The highest BCUT2D eigenvalue weighted by Crippen LogP contribution is 2.40. The molecule has 0 aliphatic carbocycles. The number of hydrogen-bond acceptors (Lipinski definition) is 3. The molecule has 0 radical (unpaired) electrons. The maximum absolute atomic E-state index is 6.17. The van der Waals surface area contributed by atoms with Crippen molar-refractivity contribution in [1.82, 2.24) is 4.98 Å². The van der Waals surface area contributed by atoms with Crippen molar-refractivity contribution >= 4 is 60.5 Å². The Bertz CT molecular complexity index is 2880. The summed E-state index contributed by atoms with van der Waals surface area (Å²) in [5, 5.41) is 6.99. The maximum atomic E-state index is 6.17. The molecular formula is C49H32N2O. The van der Waals surface area contributed by atoms with E-state index < -0.39 is 0 Å². The van der Waals surface area contributed by atoms with Gasteiger partial charge in [0.05, 0.1) is 0 Å². The lowest BCUT2D eigenvalue weighted by Crippen LogP contribution is -2.10. The van der Waals surface area contributed by atoms with Crippen LogP contribution in [0.1, 0.15) is 0 Å². The first kappa shape index (κ1) is 29.9. The summed E-state index contributed by atoms with van der Waals surface area (Å²) in [4.78, 5) is 6.73. The van der Waals surface area contributed by atoms with Gasteiger partial charge in [-0.2, -0.15) is 0 Å². The van der Waals surface area contributed by atoms with Crippen molar-refractivity contribution in [3.63, 3.8) is 0 Å². The average Bonchev–Trinajstić information content (AvgIpc) is 3.61. The van der Waals surface area contributed by atoms with E-state index in [2.05, 4.69) is 186 Å². The Morgan fingerprint density at radius 1 is 0.385 bits per heavy atom. The lowest BCUT2D eigenvalue weighted by Gasteiger charge is -2.26. The summed E-state index contributed by atoms with van der Waals surface area (Å²) in [7, 11) is 0. The van der Waals surface area contributed by atoms with Crippen LogP contribution in [0, 0.1) is 0 Å². The number of furan rings is 1. The molecule has 3 nitrogen and oxygen atoms in total. The van der Waals surface area contributed by atoms with Crippen LogP contribution in [-0.2, 0) is 0 Å². The molecule has 8 aromatic carbocycles. The normalized spacial score (nSPS) is 11.5. The summed E-state index contributed by atoms with van der Waals surface area (Å²) < 4.78 is 6.17. The number of aromatic nitrogens is 1. The Morgan fingerprint density at radius 3 is 1.87 bits per heavy atom. The maximum Gasteiger partial charge on any atom is 0.138 e. The molecule has 244 valence electrons. The molecule has 0 amide bonds. The van der Waals surface area contributed by atoms with Crippen LogP contribution in [0.3, 0.4) is 0 Å². The van der Waals surface area contributed by atoms with Crippen LogP contribution in [0.15, 0.2) is 199 Å². The molecule has 0 spiro atoms. The standard InChI is InChI=1S/C49H32N2O/c1-2-8-33(9-3-1)38-12-6-13-42(30-38)51(41-25-20-36(21-26-41)44-15-7-11-35-10-4-5-14-43(35)44)40-23-18-34(19-24-40)39-17-16-37-22-27-48-49(45(37)31-39)46-32-50-29-28-47(46)52-48/h1-32H. The van der Waals surface area contributed by atoms with Gasteiger partial charge in [0.1, 0.15) is 11.2 Å². The lowest BCUT2D eigenvalue weighted by molar-refractivity contribution is 0.668. The van der Waals surface area contributed by atoms with E-state index in [9.17, 15) is 0 Å². The summed E-state index contributed by atoms with van der Waals surface area (Å²) >= 11 is 0. The van der Waals surface area contributed by atoms with Crippen molar-refractivity contribution in [2.24, 2.45) is 0 Å². The first-order valence-electron chi connectivity index (χ1n) is 17.6. The van der Waals surface area contributed by atoms with Crippen LogP contribution in [-0.4, -0.2) is 4.98 Å². The van der Waals surface area contributed by atoms with Crippen LogP contribution < -0.4 is 4.90 Å². The largest absolute Gasteiger partial charge is 0.456 e. The van der Waals surface area contributed by atoms with Gasteiger partial charge in [0, 0.05) is 40.2 Å². The Labute approximate surface area is 301 Å². The highest BCUT2D eigenvalue weighted by Gasteiger charge is 2.16. The fourth-order valence-corrected chi connectivity index (χ4v) is 7.59. The third-order valence-electron chi connectivity index (χ3n) is 10.2. The fraction of sp³-hybridized carbons (Fsp3) is 0. The summed E-state index contributed by atoms with van der Waals surface area (Å²) in [5.41, 5.74) is 12.1. The second kappa shape index (κ2) is 12.4. The quantitative estimate of drug-likeness (QED) is 0.177. The average molecular weight is 665 g/mol. The summed E-state index contributed by atoms with van der Waals surface area (Å²) in [6, 6.07) is 65.1. The molecule has 52 heavy (non-hydrogen) atoms. The molecule has 0 N–H and O–H groups in total. The van der Waals surface area contributed by atoms with Gasteiger partial charge in [0.25, 0.3) is 0 Å². The molecule has 2 heterocycles. The molecule has 0 fully saturated rings. The molecule has 0 saturated carbocycles. The monoisotopic (exact) mass is 664 g/mol. The highest BCUT2D eigenvalue weighted by atomic mass is 16.3. The topological polar surface area (TPSA) is 29.3 Å². The minimum Gasteiger partial charge on any atom is -0.456 e. The number of anilines is 3. The number of fused-ring (bicyclic) bond motifs is 6. The first-order valence-corrected chi connectivity index (χ1v) is 17.6. The fourth-order valence-electron chi connectivity index (χ4n) is 7.59. The molecule has 3 heteroatoms. The van der Waals surface area contributed by atoms with Gasteiger partial charge in [-0.15, -0.1) is 0 Å². The van der Waals surface area contributed by atoms with Crippen molar-refractivity contribution in [3.05, 3.63) is 194 Å². The van der Waals surface area contributed by atoms with Gasteiger partial charge in [0.2, 0.25) is 0 Å². The van der Waals surface area contributed by atoms with Gasteiger partial charge in [-0.1, -0.05) is 127 Å². The Hall–Kier alpha value is -6.97.